The maximum Gasteiger partial charge on any atom is 0.261 e. The van der Waals surface area contributed by atoms with Crippen LogP contribution in [0.15, 0.2) is 42.5 Å². The lowest BCUT2D eigenvalue weighted by molar-refractivity contribution is -0.307. The van der Waals surface area contributed by atoms with Crippen LogP contribution in [-0.2, 0) is 10.5 Å². The van der Waals surface area contributed by atoms with Crippen LogP contribution in [0.1, 0.15) is 34.0 Å². The number of hydrogen-bond donors (Lipinski definition) is 2. The van der Waals surface area contributed by atoms with Gasteiger partial charge in [-0.1, -0.05) is 42.2 Å². The van der Waals surface area contributed by atoms with Gasteiger partial charge in [-0.05, 0) is 31.5 Å². The van der Waals surface area contributed by atoms with E-state index in [9.17, 15) is 19.8 Å². The second kappa shape index (κ2) is 9.60. The fraction of sp³-hybridized carbons (Fsp3) is 0.300. The van der Waals surface area contributed by atoms with E-state index < -0.39 is 23.5 Å². The van der Waals surface area contributed by atoms with Gasteiger partial charge in [-0.3, -0.25) is 4.79 Å². The molecule has 5 nitrogen and oxygen atoms in total. The number of carbonyl (C=O) groups is 2. The summed E-state index contributed by atoms with van der Waals surface area (Å²) in [6, 6.07) is 11.8. The number of amides is 1. The molecule has 0 aliphatic rings. The summed E-state index contributed by atoms with van der Waals surface area (Å²) in [6.07, 6.45) is 0. The smallest absolute Gasteiger partial charge is 0.261 e. The van der Waals surface area contributed by atoms with Gasteiger partial charge in [0.25, 0.3) is 5.91 Å². The van der Waals surface area contributed by atoms with Gasteiger partial charge in [0, 0.05) is 11.5 Å². The molecule has 0 bridgehead atoms. The van der Waals surface area contributed by atoms with E-state index in [1.807, 2.05) is 30.3 Å². The number of aliphatic carboxylic acids is 1. The van der Waals surface area contributed by atoms with Gasteiger partial charge in [-0.2, -0.15) is 11.8 Å². The highest BCUT2D eigenvalue weighted by Crippen LogP contribution is 2.17. The summed E-state index contributed by atoms with van der Waals surface area (Å²) in [6.45, 7) is 3.14. The van der Waals surface area contributed by atoms with Crippen molar-refractivity contribution in [2.45, 2.75) is 31.2 Å². The number of carboxylic acids is 1. The molecule has 142 valence electrons. The Morgan fingerprint density at radius 1 is 1.26 bits per heavy atom. The maximum atomic E-state index is 12.3. The molecular weight excluding hydrogens is 382 g/mol. The first-order valence-electron chi connectivity index (χ1n) is 8.23. The first-order valence-corrected chi connectivity index (χ1v) is 10.2. The Labute approximate surface area is 166 Å². The highest BCUT2D eigenvalue weighted by molar-refractivity contribution is 7.98. The summed E-state index contributed by atoms with van der Waals surface area (Å²) in [5.41, 5.74) is -0.0400. The highest BCUT2D eigenvalue weighted by Gasteiger charge is 2.16. The second-order valence-corrected chi connectivity index (χ2v) is 8.43. The zero-order valence-corrected chi connectivity index (χ0v) is 16.7. The van der Waals surface area contributed by atoms with Crippen LogP contribution < -0.4 is 10.4 Å². The molecule has 1 amide bonds. The average Bonchev–Trinajstić information content (AvgIpc) is 3.08. The van der Waals surface area contributed by atoms with Gasteiger partial charge in [0.15, 0.2) is 0 Å². The van der Waals surface area contributed by atoms with Crippen LogP contribution in [0.25, 0.3) is 0 Å². The van der Waals surface area contributed by atoms with Gasteiger partial charge in [0.2, 0.25) is 0 Å². The van der Waals surface area contributed by atoms with Gasteiger partial charge in [0.1, 0.15) is 5.60 Å². The van der Waals surface area contributed by atoms with Gasteiger partial charge in [-0.25, -0.2) is 0 Å². The number of nitrogens with one attached hydrogen (secondary N) is 1. The van der Waals surface area contributed by atoms with Crippen molar-refractivity contribution >= 4 is 35.0 Å². The summed E-state index contributed by atoms with van der Waals surface area (Å²) in [7, 11) is 0. The summed E-state index contributed by atoms with van der Waals surface area (Å²) < 4.78 is 0. The van der Waals surface area contributed by atoms with Gasteiger partial charge < -0.3 is 20.3 Å². The SMILES string of the molecule is CC(C)(O)C#Cc1ccc(C(=O)N[C@@H](CSCc2ccccc2)C(=O)[O-])s1. The molecule has 0 saturated carbocycles. The van der Waals surface area contributed by atoms with E-state index >= 15 is 0 Å². The number of rotatable bonds is 7. The summed E-state index contributed by atoms with van der Waals surface area (Å²) >= 11 is 2.55. The fourth-order valence-corrected chi connectivity index (χ4v) is 3.77. The minimum atomic E-state index is -1.32. The van der Waals surface area contributed by atoms with Crippen molar-refractivity contribution in [3.05, 3.63) is 57.8 Å². The molecule has 0 radical (unpaired) electrons. The number of carbonyl (C=O) groups excluding carboxylic acids is 2. The third-order valence-corrected chi connectivity index (χ3v) is 5.41. The van der Waals surface area contributed by atoms with Crippen molar-refractivity contribution < 1.29 is 19.8 Å². The number of aliphatic hydroxyl groups is 1. The lowest BCUT2D eigenvalue weighted by atomic mass is 10.1. The minimum absolute atomic E-state index is 0.208. The van der Waals surface area contributed by atoms with E-state index in [4.69, 9.17) is 0 Å². The Balaban J connectivity index is 1.93. The largest absolute Gasteiger partial charge is 0.548 e. The normalized spacial score (nSPS) is 12.0. The Hall–Kier alpha value is -2.27. The van der Waals surface area contributed by atoms with E-state index in [1.54, 1.807) is 26.0 Å². The van der Waals surface area contributed by atoms with Crippen LogP contribution in [-0.4, -0.2) is 34.4 Å². The van der Waals surface area contributed by atoms with Crippen molar-refractivity contribution in [2.24, 2.45) is 0 Å². The molecule has 2 rings (SSSR count). The van der Waals surface area contributed by atoms with Crippen LogP contribution in [0.3, 0.4) is 0 Å². The van der Waals surface area contributed by atoms with Crippen LogP contribution in [0, 0.1) is 11.8 Å². The molecular formula is C20H20NO4S2-. The Bertz CT molecular complexity index is 844. The molecule has 0 aliphatic heterocycles. The van der Waals surface area contributed by atoms with Crippen molar-refractivity contribution in [2.75, 3.05) is 5.75 Å². The second-order valence-electron chi connectivity index (χ2n) is 6.32. The number of benzene rings is 1. The lowest BCUT2D eigenvalue weighted by Gasteiger charge is -2.19. The van der Waals surface area contributed by atoms with Crippen molar-refractivity contribution in [1.29, 1.82) is 0 Å². The van der Waals surface area contributed by atoms with E-state index in [2.05, 4.69) is 17.2 Å². The zero-order chi connectivity index (χ0) is 19.9. The fourth-order valence-electron chi connectivity index (χ4n) is 2.01. The first kappa shape index (κ1) is 21.0. The minimum Gasteiger partial charge on any atom is -0.548 e. The Kier molecular flexibility index (Phi) is 7.48. The topological polar surface area (TPSA) is 89.5 Å². The summed E-state index contributed by atoms with van der Waals surface area (Å²) in [5, 5.41) is 23.5. The monoisotopic (exact) mass is 402 g/mol. The third kappa shape index (κ3) is 7.47. The molecule has 0 saturated heterocycles. The number of carboxylic acid groups (broad SMARTS) is 1. The summed E-state index contributed by atoms with van der Waals surface area (Å²) in [4.78, 5) is 24.6. The number of hydrogen-bond acceptors (Lipinski definition) is 6. The first-order chi connectivity index (χ1) is 12.7. The van der Waals surface area contributed by atoms with Gasteiger partial charge in [0.05, 0.1) is 21.8 Å². The van der Waals surface area contributed by atoms with Crippen LogP contribution in [0.5, 0.6) is 0 Å². The lowest BCUT2D eigenvalue weighted by Crippen LogP contribution is -2.49. The third-order valence-electron chi connectivity index (χ3n) is 3.31. The molecule has 0 spiro atoms. The molecule has 2 N–H and O–H groups in total. The molecule has 2 aromatic rings. The maximum absolute atomic E-state index is 12.3. The van der Waals surface area contributed by atoms with Gasteiger partial charge >= 0.3 is 0 Å². The van der Waals surface area contributed by atoms with Crippen LogP contribution in [0.4, 0.5) is 0 Å². The van der Waals surface area contributed by atoms with Crippen LogP contribution in [0.2, 0.25) is 0 Å². The molecule has 1 aromatic carbocycles. The van der Waals surface area contributed by atoms with Gasteiger partial charge in [-0.15, -0.1) is 11.3 Å². The average molecular weight is 403 g/mol. The highest BCUT2D eigenvalue weighted by atomic mass is 32.2. The van der Waals surface area contributed by atoms with E-state index in [0.29, 0.717) is 15.5 Å². The zero-order valence-electron chi connectivity index (χ0n) is 15.0. The predicted molar refractivity (Wildman–Crippen MR) is 106 cm³/mol. The molecule has 7 heteroatoms. The number of thioether (sulfide) groups is 1. The molecule has 0 fully saturated rings. The predicted octanol–water partition coefficient (Wildman–Crippen LogP) is 1.65. The standard InChI is InChI=1S/C20H21NO4S2/c1-20(2,25)11-10-15-8-9-17(27-15)18(22)21-16(19(23)24)13-26-12-14-6-4-3-5-7-14/h3-9,16,25H,12-13H2,1-2H3,(H,21,22)(H,23,24)/p-1/t16-/m0/s1. The number of thiophene rings is 1. The quantitative estimate of drug-likeness (QED) is 0.688. The summed E-state index contributed by atoms with van der Waals surface area (Å²) in [5.74, 6) is 4.52. The molecule has 1 atom stereocenters. The van der Waals surface area contributed by atoms with E-state index in [0.717, 1.165) is 16.9 Å². The molecule has 1 aromatic heterocycles. The molecule has 27 heavy (non-hydrogen) atoms. The Morgan fingerprint density at radius 3 is 2.59 bits per heavy atom. The van der Waals surface area contributed by atoms with E-state index in [-0.39, 0.29) is 5.75 Å². The van der Waals surface area contributed by atoms with Crippen molar-refractivity contribution in [1.82, 2.24) is 5.32 Å². The Morgan fingerprint density at radius 2 is 1.96 bits per heavy atom. The molecule has 1 heterocycles. The molecule has 0 aliphatic carbocycles. The molecule has 0 unspecified atom stereocenters. The van der Waals surface area contributed by atoms with Crippen LogP contribution >= 0.6 is 23.1 Å². The van der Waals surface area contributed by atoms with E-state index in [1.165, 1.54) is 11.8 Å². The van der Waals surface area contributed by atoms with Crippen molar-refractivity contribution in [3.63, 3.8) is 0 Å². The van der Waals surface area contributed by atoms with Crippen molar-refractivity contribution in [3.8, 4) is 11.8 Å².